The van der Waals surface area contributed by atoms with E-state index in [1.165, 1.54) is 13.8 Å². The van der Waals surface area contributed by atoms with Crippen LogP contribution in [0.1, 0.15) is 65.4 Å². The van der Waals surface area contributed by atoms with Crippen molar-refractivity contribution in [2.75, 3.05) is 19.7 Å². The van der Waals surface area contributed by atoms with Crippen molar-refractivity contribution in [1.82, 2.24) is 36.9 Å². The number of benzene rings is 1. The number of nitrogens with zero attached hydrogens (tertiary/aromatic N) is 1. The van der Waals surface area contributed by atoms with E-state index in [9.17, 15) is 43.8 Å². The molecule has 58 heavy (non-hydrogen) atoms. The van der Waals surface area contributed by atoms with Gasteiger partial charge in [-0.3, -0.25) is 33.8 Å². The molecular weight excluding hydrogens is 756 g/mol. The normalized spacial score (nSPS) is 14.8. The van der Waals surface area contributed by atoms with E-state index in [1.54, 1.807) is 26.1 Å². The van der Waals surface area contributed by atoms with Crippen molar-refractivity contribution >= 4 is 58.3 Å². The number of H-pyrrole nitrogens is 1. The summed E-state index contributed by atoms with van der Waals surface area (Å²) in [5, 5.41) is 35.5. The van der Waals surface area contributed by atoms with Crippen LogP contribution in [0.3, 0.4) is 0 Å². The molecule has 21 heteroatoms. The first-order valence-electron chi connectivity index (χ1n) is 19.1. The number of aromatic amines is 1. The number of carboxylic acid groups (broad SMARTS) is 1. The van der Waals surface area contributed by atoms with E-state index in [-0.39, 0.29) is 31.8 Å². The molecule has 0 unspecified atom stereocenters. The smallest absolute Gasteiger partial charge is 0.326 e. The topological polar surface area (TPSA) is 364 Å². The summed E-state index contributed by atoms with van der Waals surface area (Å²) in [5.74, 6) is -6.71. The zero-order valence-corrected chi connectivity index (χ0v) is 33.4. The summed E-state index contributed by atoms with van der Waals surface area (Å²) >= 11 is 0. The molecule has 0 bridgehead atoms. The third-order valence-corrected chi connectivity index (χ3v) is 9.16. The number of aromatic nitrogens is 1. The van der Waals surface area contributed by atoms with Gasteiger partial charge in [-0.25, -0.2) is 4.79 Å². The molecule has 0 aliphatic carbocycles. The van der Waals surface area contributed by atoms with Crippen LogP contribution in [0.15, 0.2) is 35.5 Å². The molecule has 2 rings (SSSR count). The van der Waals surface area contributed by atoms with Gasteiger partial charge in [-0.05, 0) is 63.6 Å². The molecule has 6 amide bonds. The number of carbonyl (C=O) groups is 7. The van der Waals surface area contributed by atoms with Gasteiger partial charge in [0.15, 0.2) is 5.96 Å². The van der Waals surface area contributed by atoms with Gasteiger partial charge in [0.1, 0.15) is 36.3 Å². The molecule has 1 aromatic carbocycles. The number of nitrogens with two attached hydrogens (primary N) is 4. The lowest BCUT2D eigenvalue weighted by Crippen LogP contribution is -2.61. The average Bonchev–Trinajstić information content (AvgIpc) is 3.58. The van der Waals surface area contributed by atoms with Crippen molar-refractivity contribution in [3.8, 4) is 0 Å². The molecular formula is C37H60N12O9. The van der Waals surface area contributed by atoms with Gasteiger partial charge in [-0.15, -0.1) is 0 Å². The van der Waals surface area contributed by atoms with E-state index < -0.39 is 96.2 Å². The van der Waals surface area contributed by atoms with Gasteiger partial charge in [0.05, 0.1) is 12.6 Å². The number of aliphatic carboxylic acids is 1. The fourth-order valence-corrected chi connectivity index (χ4v) is 5.73. The summed E-state index contributed by atoms with van der Waals surface area (Å²) in [5.41, 5.74) is 23.5. The zero-order valence-electron chi connectivity index (χ0n) is 33.4. The Balaban J connectivity index is 2.17. The lowest BCUT2D eigenvalue weighted by atomic mass is 10.0. The lowest BCUT2D eigenvalue weighted by Gasteiger charge is -2.27. The van der Waals surface area contributed by atoms with Crippen LogP contribution in [0.2, 0.25) is 0 Å². The van der Waals surface area contributed by atoms with Crippen LogP contribution in [-0.4, -0.2) is 125 Å². The molecule has 1 aromatic heterocycles. The maximum absolute atomic E-state index is 13.8. The molecule has 0 spiro atoms. The van der Waals surface area contributed by atoms with Crippen LogP contribution in [0, 0.1) is 5.92 Å². The SMILES string of the molecule is CC(C)[C@H](NC(=O)[C@H](CO)NC(=O)[C@H](Cc1c[nH]c2ccccc12)NC(=O)[C@H](C)NC(=O)[C@@H](N)CCCCN)C(=O)N[C@@H](C)C(=O)N[C@@H](CCCN=C(N)N)C(=O)O. The van der Waals surface area contributed by atoms with Crippen LogP contribution in [-0.2, 0) is 40.0 Å². The quantitative estimate of drug-likeness (QED) is 0.0269. The summed E-state index contributed by atoms with van der Waals surface area (Å²) in [7, 11) is 0. The van der Waals surface area contributed by atoms with E-state index in [0.717, 1.165) is 10.9 Å². The number of carbonyl (C=O) groups excluding carboxylic acids is 6. The highest BCUT2D eigenvalue weighted by Gasteiger charge is 2.33. The van der Waals surface area contributed by atoms with Gasteiger partial charge < -0.3 is 70.0 Å². The van der Waals surface area contributed by atoms with Crippen LogP contribution >= 0.6 is 0 Å². The average molecular weight is 817 g/mol. The van der Waals surface area contributed by atoms with Gasteiger partial charge in [-0.2, -0.15) is 0 Å². The largest absolute Gasteiger partial charge is 0.480 e. The van der Waals surface area contributed by atoms with Crippen LogP contribution in [0.4, 0.5) is 0 Å². The molecule has 1 heterocycles. The maximum atomic E-state index is 13.8. The number of hydrogen-bond acceptors (Lipinski definition) is 11. The third-order valence-electron chi connectivity index (χ3n) is 9.16. The Labute approximate surface area is 336 Å². The Morgan fingerprint density at radius 1 is 0.724 bits per heavy atom. The third kappa shape index (κ3) is 15.6. The number of aliphatic hydroxyl groups excluding tert-OH is 1. The Hall–Kier alpha value is -5.80. The van der Waals surface area contributed by atoms with Crippen molar-refractivity contribution in [2.24, 2.45) is 33.8 Å². The van der Waals surface area contributed by atoms with Crippen molar-refractivity contribution in [1.29, 1.82) is 0 Å². The van der Waals surface area contributed by atoms with Gasteiger partial charge >= 0.3 is 5.97 Å². The predicted molar refractivity (Wildman–Crippen MR) is 215 cm³/mol. The first-order valence-corrected chi connectivity index (χ1v) is 19.1. The van der Waals surface area contributed by atoms with E-state index in [2.05, 4.69) is 41.9 Å². The minimum absolute atomic E-state index is 0.00401. The second kappa shape index (κ2) is 24.1. The number of hydrogen-bond donors (Lipinski definition) is 13. The summed E-state index contributed by atoms with van der Waals surface area (Å²) in [4.78, 5) is 98.0. The van der Waals surface area contributed by atoms with E-state index in [4.69, 9.17) is 22.9 Å². The van der Waals surface area contributed by atoms with E-state index >= 15 is 0 Å². The number of carboxylic acids is 1. The molecule has 17 N–H and O–H groups in total. The molecule has 21 nitrogen and oxygen atoms in total. The predicted octanol–water partition coefficient (Wildman–Crippen LogP) is -3.10. The number of aliphatic hydroxyl groups is 1. The van der Waals surface area contributed by atoms with Crippen molar-refractivity contribution in [3.05, 3.63) is 36.0 Å². The molecule has 7 atom stereocenters. The molecule has 322 valence electrons. The minimum atomic E-state index is -1.59. The first kappa shape index (κ1) is 48.3. The number of fused-ring (bicyclic) bond motifs is 1. The Morgan fingerprint density at radius 3 is 1.90 bits per heavy atom. The van der Waals surface area contributed by atoms with E-state index in [1.807, 2.05) is 18.2 Å². The zero-order chi connectivity index (χ0) is 43.5. The van der Waals surface area contributed by atoms with Crippen LogP contribution in [0.25, 0.3) is 10.9 Å². The fourth-order valence-electron chi connectivity index (χ4n) is 5.73. The number of unbranched alkanes of at least 4 members (excludes halogenated alkanes) is 1. The summed E-state index contributed by atoms with van der Waals surface area (Å²) < 4.78 is 0. The van der Waals surface area contributed by atoms with Crippen LogP contribution < -0.4 is 54.8 Å². The monoisotopic (exact) mass is 816 g/mol. The molecule has 2 aromatic rings. The number of nitrogens with one attached hydrogen (secondary N) is 7. The second-order valence-corrected chi connectivity index (χ2v) is 14.3. The summed E-state index contributed by atoms with van der Waals surface area (Å²) in [6, 6.07) is -1.42. The maximum Gasteiger partial charge on any atom is 0.326 e. The first-order chi connectivity index (χ1) is 27.4. The molecule has 0 saturated heterocycles. The van der Waals surface area contributed by atoms with Crippen molar-refractivity contribution in [2.45, 2.75) is 109 Å². The number of guanidine groups is 1. The molecule has 0 radical (unpaired) electrons. The summed E-state index contributed by atoms with van der Waals surface area (Å²) in [6.07, 6.45) is 3.52. The Morgan fingerprint density at radius 2 is 1.31 bits per heavy atom. The van der Waals surface area contributed by atoms with Gasteiger partial charge in [0, 0.05) is 30.1 Å². The highest BCUT2D eigenvalue weighted by molar-refractivity contribution is 5.97. The second-order valence-electron chi connectivity index (χ2n) is 14.3. The Bertz CT molecular complexity index is 1750. The fraction of sp³-hybridized carbons (Fsp3) is 0.568. The van der Waals surface area contributed by atoms with Crippen molar-refractivity contribution in [3.63, 3.8) is 0 Å². The van der Waals surface area contributed by atoms with Gasteiger partial charge in [0.25, 0.3) is 0 Å². The standard InChI is InChI=1S/C37H60N12O9/c1-19(2)29(35(56)45-21(4)30(51)46-26(36(57)58)13-9-15-42-37(40)41)49-34(55)28(18-50)48-33(54)27(16-22-17-43-25-12-6-5-10-23(22)25)47-31(52)20(3)44-32(53)24(39)11-7-8-14-38/h5-6,10,12,17,19-21,24,26-29,43,50H,7-9,11,13-16,18,38-39H2,1-4H3,(H,44,53)(H,45,56)(H,46,51)(H,47,52)(H,48,54)(H,49,55)(H,57,58)(H4,40,41,42)/t20-,21-,24-,26-,27-,28-,29-/m0/s1. The highest BCUT2D eigenvalue weighted by atomic mass is 16.4. The van der Waals surface area contributed by atoms with Crippen molar-refractivity contribution < 1.29 is 43.8 Å². The van der Waals surface area contributed by atoms with Gasteiger partial charge in [0.2, 0.25) is 35.4 Å². The number of rotatable bonds is 25. The summed E-state index contributed by atoms with van der Waals surface area (Å²) in [6.45, 7) is 5.66. The number of aliphatic imine (C=N–C) groups is 1. The minimum Gasteiger partial charge on any atom is -0.480 e. The van der Waals surface area contributed by atoms with E-state index in [0.29, 0.717) is 31.4 Å². The molecule has 0 fully saturated rings. The molecule has 0 saturated carbocycles. The lowest BCUT2D eigenvalue weighted by molar-refractivity contribution is -0.142. The molecule has 0 aliphatic heterocycles. The molecule has 0 aliphatic rings. The Kier molecular flexibility index (Phi) is 20.1. The number of amides is 6. The number of para-hydroxylation sites is 1. The van der Waals surface area contributed by atoms with Crippen LogP contribution in [0.5, 0.6) is 0 Å². The highest BCUT2D eigenvalue weighted by Crippen LogP contribution is 2.19. The van der Waals surface area contributed by atoms with Gasteiger partial charge in [-0.1, -0.05) is 38.5 Å².